The predicted octanol–water partition coefficient (Wildman–Crippen LogP) is 3.97. The third kappa shape index (κ3) is 2.18. The highest BCUT2D eigenvalue weighted by atomic mass is 79.9. The summed E-state index contributed by atoms with van der Waals surface area (Å²) in [5, 5.41) is 0. The molecule has 2 rings (SSSR count). The minimum atomic E-state index is 1.16. The fourth-order valence-electron chi connectivity index (χ4n) is 1.49. The van der Waals surface area contributed by atoms with Crippen LogP contribution in [0.5, 0.6) is 0 Å². The van der Waals surface area contributed by atoms with Crippen molar-refractivity contribution in [2.45, 2.75) is 6.42 Å². The van der Waals surface area contributed by atoms with E-state index in [1.807, 2.05) is 11.8 Å². The minimum Gasteiger partial charge on any atom is -0.157 e. The predicted molar refractivity (Wildman–Crippen MR) is 64.1 cm³/mol. The highest BCUT2D eigenvalue weighted by molar-refractivity contribution is 9.10. The second-order valence-corrected chi connectivity index (χ2v) is 5.04. The Hall–Kier alpha value is -0.210. The molecule has 1 heterocycles. The van der Waals surface area contributed by atoms with Crippen molar-refractivity contribution in [1.29, 1.82) is 0 Å². The average molecular weight is 255 g/mol. The second kappa shape index (κ2) is 4.34. The Balaban J connectivity index is 2.34. The van der Waals surface area contributed by atoms with Gasteiger partial charge in [0, 0.05) is 10.2 Å². The molecule has 0 N–H and O–H groups in total. The van der Waals surface area contributed by atoms with Crippen LogP contribution in [0.3, 0.4) is 0 Å². The largest absolute Gasteiger partial charge is 0.157 e. The summed E-state index contributed by atoms with van der Waals surface area (Å²) in [5.74, 6) is 2.42. The maximum absolute atomic E-state index is 3.58. The van der Waals surface area contributed by atoms with Gasteiger partial charge in [-0.1, -0.05) is 40.2 Å². The molecule has 1 aliphatic heterocycles. The number of allylic oxidation sites excluding steroid dienone is 1. The first-order valence-electron chi connectivity index (χ1n) is 4.39. The van der Waals surface area contributed by atoms with Crippen LogP contribution in [-0.4, -0.2) is 11.5 Å². The Bertz CT molecular complexity index is 331. The van der Waals surface area contributed by atoms with Gasteiger partial charge in [0.25, 0.3) is 0 Å². The highest BCUT2D eigenvalue weighted by Crippen LogP contribution is 2.30. The van der Waals surface area contributed by atoms with Crippen LogP contribution in [0.4, 0.5) is 0 Å². The number of rotatable bonds is 1. The van der Waals surface area contributed by atoms with Gasteiger partial charge in [0.15, 0.2) is 0 Å². The molecule has 2 heteroatoms. The van der Waals surface area contributed by atoms with Gasteiger partial charge in [-0.05, 0) is 29.4 Å². The summed E-state index contributed by atoms with van der Waals surface area (Å²) in [7, 11) is 0. The monoisotopic (exact) mass is 254 g/mol. The van der Waals surface area contributed by atoms with E-state index >= 15 is 0 Å². The molecule has 0 bridgehead atoms. The van der Waals surface area contributed by atoms with Crippen LogP contribution < -0.4 is 0 Å². The van der Waals surface area contributed by atoms with Gasteiger partial charge in [0.05, 0.1) is 0 Å². The lowest BCUT2D eigenvalue weighted by Crippen LogP contribution is -1.95. The summed E-state index contributed by atoms with van der Waals surface area (Å²) in [6, 6.07) is 8.46. The summed E-state index contributed by atoms with van der Waals surface area (Å²) in [6.07, 6.45) is 3.54. The number of halogens is 1. The maximum atomic E-state index is 3.58. The van der Waals surface area contributed by atoms with Gasteiger partial charge in [0.2, 0.25) is 0 Å². The van der Waals surface area contributed by atoms with Gasteiger partial charge in [-0.3, -0.25) is 0 Å². The van der Waals surface area contributed by atoms with E-state index < -0.39 is 0 Å². The van der Waals surface area contributed by atoms with Crippen LogP contribution in [0.25, 0.3) is 5.57 Å². The zero-order valence-corrected chi connectivity index (χ0v) is 9.70. The molecule has 0 spiro atoms. The van der Waals surface area contributed by atoms with E-state index in [2.05, 4.69) is 46.3 Å². The van der Waals surface area contributed by atoms with E-state index in [0.29, 0.717) is 0 Å². The second-order valence-electron chi connectivity index (χ2n) is 3.03. The molecule has 0 amide bonds. The van der Waals surface area contributed by atoms with E-state index in [4.69, 9.17) is 0 Å². The van der Waals surface area contributed by atoms with Crippen LogP contribution in [0.1, 0.15) is 12.0 Å². The normalized spacial score (nSPS) is 16.8. The Morgan fingerprint density at radius 1 is 1.23 bits per heavy atom. The number of hydrogen-bond donors (Lipinski definition) is 0. The summed E-state index contributed by atoms with van der Waals surface area (Å²) >= 11 is 5.59. The van der Waals surface area contributed by atoms with Gasteiger partial charge in [0.1, 0.15) is 0 Å². The number of benzene rings is 1. The molecule has 0 unspecified atom stereocenters. The first-order chi connectivity index (χ1) is 6.38. The fraction of sp³-hybridized carbons (Fsp3) is 0.273. The van der Waals surface area contributed by atoms with E-state index in [-0.39, 0.29) is 0 Å². The zero-order valence-electron chi connectivity index (χ0n) is 7.29. The first-order valence-corrected chi connectivity index (χ1v) is 6.34. The molecule has 0 aliphatic carbocycles. The molecule has 68 valence electrons. The Kier molecular flexibility index (Phi) is 3.12. The van der Waals surface area contributed by atoms with Gasteiger partial charge < -0.3 is 0 Å². The van der Waals surface area contributed by atoms with Crippen LogP contribution in [0.15, 0.2) is 34.8 Å². The zero-order chi connectivity index (χ0) is 9.10. The molecule has 1 aromatic carbocycles. The summed E-state index contributed by atoms with van der Waals surface area (Å²) in [6.45, 7) is 0. The van der Waals surface area contributed by atoms with Crippen LogP contribution in [-0.2, 0) is 0 Å². The molecule has 0 aromatic heterocycles. The van der Waals surface area contributed by atoms with Crippen molar-refractivity contribution in [3.63, 3.8) is 0 Å². The van der Waals surface area contributed by atoms with Gasteiger partial charge in [-0.15, -0.1) is 0 Å². The van der Waals surface area contributed by atoms with Crippen molar-refractivity contribution in [2.24, 2.45) is 0 Å². The fourth-order valence-corrected chi connectivity index (χ4v) is 2.88. The van der Waals surface area contributed by atoms with Crippen molar-refractivity contribution >= 4 is 33.3 Å². The molecule has 0 saturated carbocycles. The molecule has 0 atom stereocenters. The van der Waals surface area contributed by atoms with E-state index in [1.54, 1.807) is 0 Å². The summed E-state index contributed by atoms with van der Waals surface area (Å²) in [4.78, 5) is 0. The topological polar surface area (TPSA) is 0 Å². The standard InChI is InChI=1S/C11H11BrS/c12-11-4-2-1-3-10(11)9-5-7-13-8-6-9/h1-5H,6-8H2. The third-order valence-electron chi connectivity index (χ3n) is 2.18. The van der Waals surface area contributed by atoms with Crippen LogP contribution in [0, 0.1) is 0 Å². The quantitative estimate of drug-likeness (QED) is 0.731. The Morgan fingerprint density at radius 3 is 2.77 bits per heavy atom. The molecule has 1 aliphatic rings. The van der Waals surface area contributed by atoms with Crippen molar-refractivity contribution in [3.8, 4) is 0 Å². The molecule has 13 heavy (non-hydrogen) atoms. The van der Waals surface area contributed by atoms with E-state index in [0.717, 1.165) is 5.75 Å². The van der Waals surface area contributed by atoms with Gasteiger partial charge in [-0.2, -0.15) is 11.8 Å². The van der Waals surface area contributed by atoms with E-state index in [9.17, 15) is 0 Å². The van der Waals surface area contributed by atoms with Crippen molar-refractivity contribution < 1.29 is 0 Å². The lowest BCUT2D eigenvalue weighted by atomic mass is 10.0. The van der Waals surface area contributed by atoms with Crippen molar-refractivity contribution in [2.75, 3.05) is 11.5 Å². The molecule has 0 fully saturated rings. The number of thioether (sulfide) groups is 1. The highest BCUT2D eigenvalue weighted by Gasteiger charge is 2.08. The molecular formula is C11H11BrS. The van der Waals surface area contributed by atoms with Gasteiger partial charge >= 0.3 is 0 Å². The lowest BCUT2D eigenvalue weighted by Gasteiger charge is -2.13. The average Bonchev–Trinajstić information content (AvgIpc) is 2.20. The van der Waals surface area contributed by atoms with Crippen LogP contribution >= 0.6 is 27.7 Å². The SMILES string of the molecule is Brc1ccccc1C1=CCSCC1. The smallest absolute Gasteiger partial charge is 0.0250 e. The summed E-state index contributed by atoms with van der Waals surface area (Å²) in [5.41, 5.74) is 2.86. The molecular weight excluding hydrogens is 244 g/mol. The van der Waals surface area contributed by atoms with Crippen molar-refractivity contribution in [3.05, 3.63) is 40.4 Å². The third-order valence-corrected chi connectivity index (χ3v) is 3.77. The van der Waals surface area contributed by atoms with E-state index in [1.165, 1.54) is 27.8 Å². The lowest BCUT2D eigenvalue weighted by molar-refractivity contribution is 1.23. The molecule has 1 aromatic rings. The first kappa shape index (κ1) is 9.35. The van der Waals surface area contributed by atoms with Crippen LogP contribution in [0.2, 0.25) is 0 Å². The van der Waals surface area contributed by atoms with Crippen molar-refractivity contribution in [1.82, 2.24) is 0 Å². The summed E-state index contributed by atoms with van der Waals surface area (Å²) < 4.78 is 1.22. The number of hydrogen-bond acceptors (Lipinski definition) is 1. The minimum absolute atomic E-state index is 1.16. The molecule has 0 saturated heterocycles. The van der Waals surface area contributed by atoms with Gasteiger partial charge in [-0.25, -0.2) is 0 Å². The molecule has 0 radical (unpaired) electrons. The maximum Gasteiger partial charge on any atom is 0.0250 e. The Morgan fingerprint density at radius 2 is 2.08 bits per heavy atom. The molecule has 0 nitrogen and oxygen atoms in total. The Labute approximate surface area is 91.6 Å².